The molecule has 0 spiro atoms. The van der Waals surface area contributed by atoms with Gasteiger partial charge in [-0.15, -0.1) is 0 Å². The number of nitrogens with one attached hydrogen (secondary N) is 3. The monoisotopic (exact) mass is 1840 g/mol. The second-order valence-electron chi connectivity index (χ2n) is 33.7. The molecule has 712 valence electrons. The van der Waals surface area contributed by atoms with E-state index in [0.717, 1.165) is 34.1 Å². The number of imide groups is 2. The number of nitrogens with two attached hydrogens (primary N) is 2. The van der Waals surface area contributed by atoms with Crippen molar-refractivity contribution < 1.29 is 135 Å². The van der Waals surface area contributed by atoms with Gasteiger partial charge in [0.1, 0.15) is 42.6 Å². The lowest BCUT2D eigenvalue weighted by Crippen LogP contribution is -2.64. The summed E-state index contributed by atoms with van der Waals surface area (Å²) in [6, 6.07) is 10.7. The number of fused-ring (bicyclic) bond motifs is 4. The molecule has 0 aromatic heterocycles. The quantitative estimate of drug-likeness (QED) is 0.0402. The normalized spacial score (nSPS) is 24.2. The fourth-order valence-electron chi connectivity index (χ4n) is 17.1. The summed E-state index contributed by atoms with van der Waals surface area (Å²) >= 11 is 0. The summed E-state index contributed by atoms with van der Waals surface area (Å²) in [5.74, 6) is -16.4. The van der Waals surface area contributed by atoms with Crippen LogP contribution in [0.4, 0.5) is 26.7 Å². The van der Waals surface area contributed by atoms with E-state index in [2.05, 4.69) is 29.1 Å². The minimum absolute atomic E-state index is 0.00716. The molecule has 9 aliphatic heterocycles. The average molecular weight is 1840 g/mol. The van der Waals surface area contributed by atoms with Crippen molar-refractivity contribution >= 4 is 117 Å². The number of ether oxygens (including phenoxy) is 7. The van der Waals surface area contributed by atoms with Gasteiger partial charge in [0, 0.05) is 119 Å². The first kappa shape index (κ1) is 100. The number of hydrogen-bond donors (Lipinski definition) is 9. The Labute approximate surface area is 766 Å². The highest BCUT2D eigenvalue weighted by molar-refractivity contribution is 6.19. The van der Waals surface area contributed by atoms with Crippen molar-refractivity contribution in [1.29, 1.82) is 0 Å². The molecule has 9 heterocycles. The number of amides is 11. The van der Waals surface area contributed by atoms with Crippen molar-refractivity contribution in [1.82, 2.24) is 30.2 Å². The van der Waals surface area contributed by atoms with Gasteiger partial charge in [0.05, 0.1) is 92.9 Å². The van der Waals surface area contributed by atoms with Gasteiger partial charge in [0.15, 0.2) is 35.5 Å². The number of anilines is 3. The summed E-state index contributed by atoms with van der Waals surface area (Å²) in [6.07, 6.45) is -2.17. The van der Waals surface area contributed by atoms with E-state index in [1.54, 1.807) is 37.3 Å². The Morgan fingerprint density at radius 2 is 1.02 bits per heavy atom. The number of carboxylic acid groups (broad SMARTS) is 2. The van der Waals surface area contributed by atoms with Crippen LogP contribution in [0.25, 0.3) is 0 Å². The summed E-state index contributed by atoms with van der Waals surface area (Å²) in [6.45, 7) is 8.56. The van der Waals surface area contributed by atoms with E-state index in [1.807, 2.05) is 0 Å². The smallest absolute Gasteiger partial charge is 0.416 e. The molecule has 0 aliphatic carbocycles. The Hall–Kier alpha value is -13.2. The van der Waals surface area contributed by atoms with E-state index in [4.69, 9.17) is 44.6 Å². The zero-order chi connectivity index (χ0) is 95.9. The topological polar surface area (TPSA) is 543 Å². The standard InChI is InChI=1S/C94H113N11O28/c1-54-39-69-91(123)102-67-48-75(56(3)41-64(67)89(121)100(69)50-54)130-34-10-5-11-35-131-77-49-68-65(47-76(77)127-4)90(122)101-51-55(2)40-70(101)92(124)103(68)94(126)133-53-59-20-22-63(23-21-59)98-87(119)62(46-84(117)118)44-74(109)66(14-7-9-31-96)99-78(110)29-37-129-38-32-97-88(120)86(105-81(113)26-27-82(105)114)85(104-79(111)24-25-80(104)112)71(106)15-12-33-128-36-28-60(13-6-8-30-95)73(108)43-61(45-83(115)116)72(107)42-57-16-18-58(19-17-57)52-132-93(102)125/h16-27,41,47-49,60-62,66,69-70,85-86,91-92,123-124H,1-2,5-15,28-40,42-46,50-53,95-96H2,3-4H3,(H,97,120)(H,98,119)(H,99,110)(H,115,116)(H,117,118)/t60-,61+,62+,66+,69+,70+,85?,86?,91+,92+/m1/s1. The fraction of sp³-hybridized carbons (Fsp3) is 0.479. The van der Waals surface area contributed by atoms with Crippen LogP contribution in [0.15, 0.2) is 121 Å². The van der Waals surface area contributed by atoms with Crippen LogP contribution in [0.1, 0.15) is 165 Å². The largest absolute Gasteiger partial charge is 0.493 e. The molecule has 2 fully saturated rings. The van der Waals surface area contributed by atoms with E-state index >= 15 is 0 Å². The number of carbonyl (C=O) groups excluding carboxylic acids is 15. The lowest BCUT2D eigenvalue weighted by molar-refractivity contribution is -0.156. The number of hydrogen-bond acceptors (Lipinski definition) is 28. The lowest BCUT2D eigenvalue weighted by atomic mass is 9.84. The van der Waals surface area contributed by atoms with Gasteiger partial charge >= 0.3 is 24.1 Å². The molecule has 4 aromatic carbocycles. The maximum absolute atomic E-state index is 14.5. The molecule has 39 nitrogen and oxygen atoms in total. The summed E-state index contributed by atoms with van der Waals surface area (Å²) < 4.78 is 41.6. The van der Waals surface area contributed by atoms with E-state index in [9.17, 15) is 102 Å². The van der Waals surface area contributed by atoms with Crippen molar-refractivity contribution in [3.05, 3.63) is 155 Å². The van der Waals surface area contributed by atoms with Crippen LogP contribution >= 0.6 is 0 Å². The first-order chi connectivity index (χ1) is 63.8. The molecule has 4 aromatic rings. The van der Waals surface area contributed by atoms with Crippen LogP contribution in [0, 0.1) is 24.7 Å². The first-order valence-corrected chi connectivity index (χ1v) is 44.4. The SMILES string of the molecule is C=C1C[C@H]2[C@H](O)N3C(=O)OCc4ccc(cc4)CC(=O)[C@H](CC(=O)O)CC(=O)[C@H](CCCCN)CCOCCCC(=O)C(N4C(=O)C=CC4=O)C(N4C(=O)C=CC4=O)C(=O)NCCOCCC(=O)N[C@@H](CCCCN)C(=O)C[C@@H](CC(=O)O)C(=O)Nc4ccc(cc4)COC(=O)N4c5cc(c(OC)cc5C(=O)N5CC(=C)C[C@H]5[C@@H]4O)OCCCCCOc4cc3c(cc4C)C(=O)N2C1. The first-order valence-electron chi connectivity index (χ1n) is 44.4. The van der Waals surface area contributed by atoms with Crippen molar-refractivity contribution in [2.75, 3.05) is 94.6 Å². The zero-order valence-electron chi connectivity index (χ0n) is 74.2. The van der Waals surface area contributed by atoms with E-state index in [1.165, 1.54) is 59.4 Å². The van der Waals surface area contributed by atoms with Crippen LogP contribution in [-0.4, -0.2) is 263 Å². The Bertz CT molecular complexity index is 5130. The molecule has 11 N–H and O–H groups in total. The second-order valence-corrected chi connectivity index (χ2v) is 33.7. The number of benzene rings is 4. The number of aliphatic carboxylic acids is 2. The van der Waals surface area contributed by atoms with Crippen molar-refractivity contribution in [3.63, 3.8) is 0 Å². The number of carboxylic acids is 2. The predicted molar refractivity (Wildman–Crippen MR) is 473 cm³/mol. The summed E-state index contributed by atoms with van der Waals surface area (Å²) in [7, 11) is 1.37. The Morgan fingerprint density at radius 3 is 1.58 bits per heavy atom. The molecule has 0 saturated carbocycles. The summed E-state index contributed by atoms with van der Waals surface area (Å²) in [5, 5.41) is 52.1. The van der Waals surface area contributed by atoms with Crippen molar-refractivity contribution in [2.45, 2.75) is 191 Å². The van der Waals surface area contributed by atoms with Gasteiger partial charge in [-0.3, -0.25) is 81.7 Å². The number of aryl methyl sites for hydroxylation is 1. The van der Waals surface area contributed by atoms with Crippen molar-refractivity contribution in [2.24, 2.45) is 29.2 Å². The molecule has 39 heteroatoms. The van der Waals surface area contributed by atoms with Gasteiger partial charge in [0.2, 0.25) is 17.7 Å². The van der Waals surface area contributed by atoms with Crippen LogP contribution in [-0.2, 0) is 101 Å². The third-order valence-corrected chi connectivity index (χ3v) is 24.1. The van der Waals surface area contributed by atoms with Gasteiger partial charge in [-0.25, -0.2) is 19.4 Å². The number of nitrogens with zero attached hydrogens (tertiary/aromatic N) is 6. The zero-order valence-corrected chi connectivity index (χ0v) is 74.2. The number of rotatable bonds is 15. The number of aliphatic hydroxyl groups excluding tert-OH is 2. The fourth-order valence-corrected chi connectivity index (χ4v) is 17.1. The predicted octanol–water partition coefficient (Wildman–Crippen LogP) is 5.51. The number of methoxy groups -OCH3 is 1. The second kappa shape index (κ2) is 47.2. The highest BCUT2D eigenvalue weighted by Crippen LogP contribution is 2.44. The molecule has 9 aliphatic rings. The molecular weight excluding hydrogens is 1730 g/mol. The highest BCUT2D eigenvalue weighted by Gasteiger charge is 2.52. The van der Waals surface area contributed by atoms with E-state index < -0.39 is 206 Å². The van der Waals surface area contributed by atoms with Gasteiger partial charge in [-0.1, -0.05) is 67.1 Å². The van der Waals surface area contributed by atoms with Crippen LogP contribution < -0.4 is 51.4 Å². The maximum atomic E-state index is 14.5. The minimum atomic E-state index is -2.14. The third-order valence-electron chi connectivity index (χ3n) is 24.1. The lowest BCUT2D eigenvalue weighted by Gasteiger charge is -2.35. The van der Waals surface area contributed by atoms with Crippen LogP contribution in [0.2, 0.25) is 0 Å². The van der Waals surface area contributed by atoms with E-state index in [0.29, 0.717) is 88.1 Å². The van der Waals surface area contributed by atoms with Crippen LogP contribution in [0.3, 0.4) is 0 Å². The number of Topliss-reactive ketones (excluding diaryl/α,β-unsaturated/α-hetero) is 4. The van der Waals surface area contributed by atoms with Gasteiger partial charge in [-0.05, 0) is 144 Å². The molecular formula is C94H113N11O28. The number of ketones is 4. The average Bonchev–Trinajstić information content (AvgIpc) is 1.58. The number of unbranched alkanes of at least 4 members (excludes halogenated alkanes) is 2. The molecule has 133 heavy (non-hydrogen) atoms. The summed E-state index contributed by atoms with van der Waals surface area (Å²) in [5.41, 5.74) is 14.7. The van der Waals surface area contributed by atoms with Crippen molar-refractivity contribution in [3.8, 4) is 17.2 Å². The highest BCUT2D eigenvalue weighted by atomic mass is 16.6. The molecule has 0 radical (unpaired) electrons. The Kier molecular flexibility index (Phi) is 35.6. The van der Waals surface area contributed by atoms with Crippen LogP contribution in [0.5, 0.6) is 17.2 Å². The van der Waals surface area contributed by atoms with Gasteiger partial charge in [0.25, 0.3) is 35.4 Å². The Morgan fingerprint density at radius 1 is 0.504 bits per heavy atom. The third kappa shape index (κ3) is 25.8. The minimum Gasteiger partial charge on any atom is -0.493 e. The number of carbonyl (C=O) groups is 17. The molecule has 10 atom stereocenters. The molecule has 2 unspecified atom stereocenters. The van der Waals surface area contributed by atoms with Gasteiger partial charge in [-0.2, -0.15) is 0 Å². The molecule has 13 rings (SSSR count). The van der Waals surface area contributed by atoms with E-state index in [-0.39, 0.29) is 169 Å². The molecule has 2 saturated heterocycles. The van der Waals surface area contributed by atoms with Gasteiger partial charge < -0.3 is 90.8 Å². The number of aliphatic hydroxyl groups is 2. The maximum Gasteiger partial charge on any atom is 0.416 e. The Balaban J connectivity index is 0.817. The molecule has 8 bridgehead atoms. The summed E-state index contributed by atoms with van der Waals surface area (Å²) in [4.78, 5) is 241. The molecule has 11 amide bonds.